The first-order chi connectivity index (χ1) is 9.90. The molecule has 0 bridgehead atoms. The van der Waals surface area contributed by atoms with Crippen LogP contribution in [0, 0.1) is 6.92 Å². The van der Waals surface area contributed by atoms with Crippen molar-refractivity contribution in [2.75, 3.05) is 0 Å². The third kappa shape index (κ3) is 5.90. The second-order valence-electron chi connectivity index (χ2n) is 4.52. The fraction of sp³-hybridized carbons (Fsp3) is 0.267. The van der Waals surface area contributed by atoms with Gasteiger partial charge in [-0.1, -0.05) is 24.3 Å². The van der Waals surface area contributed by atoms with Gasteiger partial charge in [0.05, 0.1) is 0 Å². The fourth-order valence-corrected chi connectivity index (χ4v) is 1.68. The number of carbonyl (C=O) groups excluding carboxylic acids is 1. The minimum Gasteiger partial charge on any atom is -0.481 e. The summed E-state index contributed by atoms with van der Waals surface area (Å²) in [7, 11) is 0. The van der Waals surface area contributed by atoms with E-state index in [2.05, 4.69) is 5.32 Å². The molecule has 21 heavy (non-hydrogen) atoms. The van der Waals surface area contributed by atoms with Gasteiger partial charge in [-0.05, 0) is 30.5 Å². The van der Waals surface area contributed by atoms with E-state index in [4.69, 9.17) is 10.2 Å². The van der Waals surface area contributed by atoms with Crippen molar-refractivity contribution in [3.63, 3.8) is 0 Å². The Morgan fingerprint density at radius 3 is 2.48 bits per heavy atom. The smallest absolute Gasteiger partial charge is 0.326 e. The number of carboxylic acid groups (broad SMARTS) is 2. The van der Waals surface area contributed by atoms with Crippen molar-refractivity contribution in [1.29, 1.82) is 0 Å². The van der Waals surface area contributed by atoms with Gasteiger partial charge in [0.25, 0.3) is 0 Å². The van der Waals surface area contributed by atoms with Crippen LogP contribution < -0.4 is 5.32 Å². The van der Waals surface area contributed by atoms with E-state index >= 15 is 0 Å². The zero-order chi connectivity index (χ0) is 15.8. The summed E-state index contributed by atoms with van der Waals surface area (Å²) in [4.78, 5) is 33.1. The summed E-state index contributed by atoms with van der Waals surface area (Å²) >= 11 is 0. The number of benzene rings is 1. The molecule has 0 aromatic heterocycles. The van der Waals surface area contributed by atoms with E-state index in [1.807, 2.05) is 31.2 Å². The SMILES string of the molecule is Cc1ccccc1/C=C/C(=O)N[C@@H](CCC(=O)O)C(=O)O. The van der Waals surface area contributed by atoms with Crippen molar-refractivity contribution in [1.82, 2.24) is 5.32 Å². The Hall–Kier alpha value is -2.63. The molecular formula is C15H17NO5. The molecule has 0 fully saturated rings. The molecule has 0 heterocycles. The van der Waals surface area contributed by atoms with Gasteiger partial charge in [-0.2, -0.15) is 0 Å². The largest absolute Gasteiger partial charge is 0.481 e. The number of aryl methyl sites for hydroxylation is 1. The van der Waals surface area contributed by atoms with Crippen LogP contribution in [0.3, 0.4) is 0 Å². The molecule has 1 aromatic rings. The van der Waals surface area contributed by atoms with Gasteiger partial charge in [0.2, 0.25) is 5.91 Å². The van der Waals surface area contributed by atoms with Gasteiger partial charge < -0.3 is 15.5 Å². The van der Waals surface area contributed by atoms with Gasteiger partial charge in [0, 0.05) is 12.5 Å². The molecule has 0 aliphatic rings. The lowest BCUT2D eigenvalue weighted by Crippen LogP contribution is -2.40. The van der Waals surface area contributed by atoms with Crippen molar-refractivity contribution >= 4 is 23.9 Å². The number of carbonyl (C=O) groups is 3. The van der Waals surface area contributed by atoms with Crippen LogP contribution in [0.4, 0.5) is 0 Å². The fourth-order valence-electron chi connectivity index (χ4n) is 1.68. The molecule has 1 aromatic carbocycles. The summed E-state index contributed by atoms with van der Waals surface area (Å²) in [5.41, 5.74) is 1.84. The molecule has 0 saturated carbocycles. The minimum atomic E-state index is -1.26. The van der Waals surface area contributed by atoms with Crippen LogP contribution in [0.25, 0.3) is 6.08 Å². The summed E-state index contributed by atoms with van der Waals surface area (Å²) in [6.45, 7) is 1.89. The van der Waals surface area contributed by atoms with E-state index in [-0.39, 0.29) is 12.8 Å². The first-order valence-electron chi connectivity index (χ1n) is 6.39. The molecule has 1 atom stereocenters. The van der Waals surface area contributed by atoms with E-state index in [1.165, 1.54) is 6.08 Å². The van der Waals surface area contributed by atoms with Crippen molar-refractivity contribution < 1.29 is 24.6 Å². The van der Waals surface area contributed by atoms with Crippen LogP contribution in [-0.2, 0) is 14.4 Å². The molecule has 0 unspecified atom stereocenters. The van der Waals surface area contributed by atoms with Crippen molar-refractivity contribution in [2.24, 2.45) is 0 Å². The van der Waals surface area contributed by atoms with Crippen molar-refractivity contribution in [2.45, 2.75) is 25.8 Å². The quantitative estimate of drug-likeness (QED) is 0.659. The van der Waals surface area contributed by atoms with E-state index in [1.54, 1.807) is 6.08 Å². The lowest BCUT2D eigenvalue weighted by atomic mass is 10.1. The first kappa shape index (κ1) is 16.4. The Bertz CT molecular complexity index is 565. The molecule has 0 saturated heterocycles. The zero-order valence-electron chi connectivity index (χ0n) is 11.6. The zero-order valence-corrected chi connectivity index (χ0v) is 11.6. The lowest BCUT2D eigenvalue weighted by Gasteiger charge is -2.11. The van der Waals surface area contributed by atoms with Gasteiger partial charge in [0.1, 0.15) is 6.04 Å². The van der Waals surface area contributed by atoms with E-state index in [0.717, 1.165) is 11.1 Å². The third-order valence-corrected chi connectivity index (χ3v) is 2.86. The molecule has 0 spiro atoms. The summed E-state index contributed by atoms with van der Waals surface area (Å²) in [6.07, 6.45) is 2.34. The third-order valence-electron chi connectivity index (χ3n) is 2.86. The lowest BCUT2D eigenvalue weighted by molar-refractivity contribution is -0.142. The molecule has 3 N–H and O–H groups in total. The number of aliphatic carboxylic acids is 2. The number of rotatable bonds is 7. The molecule has 0 aliphatic heterocycles. The second-order valence-corrected chi connectivity index (χ2v) is 4.52. The number of carboxylic acids is 2. The highest BCUT2D eigenvalue weighted by Gasteiger charge is 2.19. The molecule has 6 heteroatoms. The summed E-state index contributed by atoms with van der Waals surface area (Å²) in [6, 6.07) is 6.22. The highest BCUT2D eigenvalue weighted by atomic mass is 16.4. The average Bonchev–Trinajstić information content (AvgIpc) is 2.42. The van der Waals surface area contributed by atoms with Crippen molar-refractivity contribution in [3.05, 3.63) is 41.5 Å². The summed E-state index contributed by atoms with van der Waals surface area (Å²) < 4.78 is 0. The summed E-state index contributed by atoms with van der Waals surface area (Å²) in [5, 5.41) is 19.7. The molecule has 1 rings (SSSR count). The Morgan fingerprint density at radius 2 is 1.90 bits per heavy atom. The van der Waals surface area contributed by atoms with Crippen LogP contribution in [-0.4, -0.2) is 34.1 Å². The molecule has 0 radical (unpaired) electrons. The molecule has 112 valence electrons. The normalized spacial score (nSPS) is 12.0. The average molecular weight is 291 g/mol. The van der Waals surface area contributed by atoms with Gasteiger partial charge in [0.15, 0.2) is 0 Å². The van der Waals surface area contributed by atoms with Crippen LogP contribution >= 0.6 is 0 Å². The molecule has 1 amide bonds. The number of hydrogen-bond donors (Lipinski definition) is 3. The number of amides is 1. The predicted molar refractivity (Wildman–Crippen MR) is 76.6 cm³/mol. The minimum absolute atomic E-state index is 0.158. The highest BCUT2D eigenvalue weighted by Crippen LogP contribution is 2.08. The summed E-state index contributed by atoms with van der Waals surface area (Å²) in [5.74, 6) is -2.93. The Labute approximate surface area is 122 Å². The maximum absolute atomic E-state index is 11.7. The number of hydrogen-bond acceptors (Lipinski definition) is 3. The molecule has 6 nitrogen and oxygen atoms in total. The first-order valence-corrected chi connectivity index (χ1v) is 6.39. The second kappa shape index (κ2) is 7.84. The van der Waals surface area contributed by atoms with E-state index < -0.39 is 23.9 Å². The van der Waals surface area contributed by atoms with Crippen LogP contribution in [0.1, 0.15) is 24.0 Å². The van der Waals surface area contributed by atoms with Gasteiger partial charge in [-0.15, -0.1) is 0 Å². The maximum atomic E-state index is 11.7. The Morgan fingerprint density at radius 1 is 1.24 bits per heavy atom. The Kier molecular flexibility index (Phi) is 6.13. The maximum Gasteiger partial charge on any atom is 0.326 e. The number of nitrogens with one attached hydrogen (secondary N) is 1. The Balaban J connectivity index is 2.64. The standard InChI is InChI=1S/C15H17NO5/c1-10-4-2-3-5-11(10)6-8-13(17)16-12(15(20)21)7-9-14(18)19/h2-6,8,12H,7,9H2,1H3,(H,16,17)(H,18,19)(H,20,21)/b8-6+/t12-/m0/s1. The predicted octanol–water partition coefficient (Wildman–Crippen LogP) is 1.44. The van der Waals surface area contributed by atoms with E-state index in [9.17, 15) is 14.4 Å². The van der Waals surface area contributed by atoms with E-state index in [0.29, 0.717) is 0 Å². The van der Waals surface area contributed by atoms with Gasteiger partial charge >= 0.3 is 11.9 Å². The molecular weight excluding hydrogens is 274 g/mol. The molecule has 0 aliphatic carbocycles. The van der Waals surface area contributed by atoms with Gasteiger partial charge in [-0.25, -0.2) is 4.79 Å². The topological polar surface area (TPSA) is 104 Å². The van der Waals surface area contributed by atoms with Crippen LogP contribution in [0.15, 0.2) is 30.3 Å². The van der Waals surface area contributed by atoms with Crippen molar-refractivity contribution in [3.8, 4) is 0 Å². The monoisotopic (exact) mass is 291 g/mol. The van der Waals surface area contributed by atoms with Crippen LogP contribution in [0.5, 0.6) is 0 Å². The van der Waals surface area contributed by atoms with Crippen LogP contribution in [0.2, 0.25) is 0 Å². The highest BCUT2D eigenvalue weighted by molar-refractivity contribution is 5.94. The van der Waals surface area contributed by atoms with Gasteiger partial charge in [-0.3, -0.25) is 9.59 Å².